The normalized spacial score (nSPS) is 22.4. The first-order chi connectivity index (χ1) is 9.85. The summed E-state index contributed by atoms with van der Waals surface area (Å²) in [6.07, 6.45) is 2.18. The molecule has 116 valence electrons. The Hall–Kier alpha value is -1.03. The van der Waals surface area contributed by atoms with Crippen molar-refractivity contribution in [1.82, 2.24) is 4.72 Å². The molecule has 0 amide bonds. The monoisotopic (exact) mass is 378 g/mol. The summed E-state index contributed by atoms with van der Waals surface area (Å²) >= 11 is 3.12. The van der Waals surface area contributed by atoms with E-state index in [-0.39, 0.29) is 17.4 Å². The summed E-state index contributed by atoms with van der Waals surface area (Å²) in [7, 11) is -4.02. The fourth-order valence-electron chi connectivity index (χ4n) is 2.53. The lowest BCUT2D eigenvalue weighted by molar-refractivity contribution is -0.387. The molecule has 9 heteroatoms. The van der Waals surface area contributed by atoms with Crippen LogP contribution in [0.1, 0.15) is 19.3 Å². The highest BCUT2D eigenvalue weighted by molar-refractivity contribution is 9.10. The second-order valence-electron chi connectivity index (χ2n) is 4.97. The largest absolute Gasteiger partial charge is 0.396 e. The number of aliphatic hydroxyl groups excluding tert-OH is 1. The van der Waals surface area contributed by atoms with Crippen LogP contribution in [-0.2, 0) is 10.0 Å². The van der Waals surface area contributed by atoms with E-state index in [0.29, 0.717) is 10.9 Å². The maximum absolute atomic E-state index is 12.4. The lowest BCUT2D eigenvalue weighted by Crippen LogP contribution is -2.38. The molecule has 1 aromatic carbocycles. The Morgan fingerprint density at radius 1 is 1.43 bits per heavy atom. The Balaban J connectivity index is 2.35. The van der Waals surface area contributed by atoms with Crippen molar-refractivity contribution in [3.05, 3.63) is 32.8 Å². The fourth-order valence-corrected chi connectivity index (χ4v) is 4.58. The highest BCUT2D eigenvalue weighted by Gasteiger charge is 2.33. The van der Waals surface area contributed by atoms with Crippen molar-refractivity contribution in [3.63, 3.8) is 0 Å². The predicted molar refractivity (Wildman–Crippen MR) is 79.3 cm³/mol. The average Bonchev–Trinajstić information content (AvgIpc) is 2.84. The number of sulfonamides is 1. The fraction of sp³-hybridized carbons (Fsp3) is 0.500. The zero-order valence-corrected chi connectivity index (χ0v) is 13.4. The van der Waals surface area contributed by atoms with Crippen molar-refractivity contribution in [1.29, 1.82) is 0 Å². The molecule has 0 spiro atoms. The molecule has 7 nitrogen and oxygen atoms in total. The number of nitrogens with zero attached hydrogens (tertiary/aromatic N) is 1. The summed E-state index contributed by atoms with van der Waals surface area (Å²) in [6, 6.07) is 3.39. The summed E-state index contributed by atoms with van der Waals surface area (Å²) in [6.45, 7) is -0.103. The predicted octanol–water partition coefficient (Wildman–Crippen LogP) is 1.80. The minimum atomic E-state index is -4.02. The molecule has 1 saturated carbocycles. The van der Waals surface area contributed by atoms with Crippen molar-refractivity contribution in [2.45, 2.75) is 30.2 Å². The molecule has 1 fully saturated rings. The topological polar surface area (TPSA) is 110 Å². The van der Waals surface area contributed by atoms with Crippen LogP contribution in [0.4, 0.5) is 5.69 Å². The molecule has 2 rings (SSSR count). The number of nitrogens with one attached hydrogen (secondary N) is 1. The second kappa shape index (κ2) is 6.39. The van der Waals surface area contributed by atoms with Gasteiger partial charge in [0.1, 0.15) is 0 Å². The molecule has 0 aromatic heterocycles. The number of aliphatic hydroxyl groups is 1. The molecule has 0 bridgehead atoms. The van der Waals surface area contributed by atoms with Crippen LogP contribution < -0.4 is 4.72 Å². The minimum absolute atomic E-state index is 0.103. The number of hydrogen-bond donors (Lipinski definition) is 2. The molecule has 0 aliphatic heterocycles. The second-order valence-corrected chi connectivity index (χ2v) is 7.57. The van der Waals surface area contributed by atoms with Crippen LogP contribution in [0.3, 0.4) is 0 Å². The van der Waals surface area contributed by atoms with E-state index in [1.54, 1.807) is 0 Å². The molecule has 1 aliphatic rings. The van der Waals surface area contributed by atoms with Crippen LogP contribution in [0, 0.1) is 16.0 Å². The van der Waals surface area contributed by atoms with E-state index >= 15 is 0 Å². The van der Waals surface area contributed by atoms with Gasteiger partial charge in [0, 0.05) is 23.2 Å². The zero-order chi connectivity index (χ0) is 15.6. The lowest BCUT2D eigenvalue weighted by atomic mass is 10.1. The van der Waals surface area contributed by atoms with Gasteiger partial charge in [-0.1, -0.05) is 22.4 Å². The van der Waals surface area contributed by atoms with Gasteiger partial charge in [0.25, 0.3) is 5.69 Å². The third kappa shape index (κ3) is 3.60. The van der Waals surface area contributed by atoms with Gasteiger partial charge in [-0.3, -0.25) is 10.1 Å². The van der Waals surface area contributed by atoms with Crippen molar-refractivity contribution in [2.75, 3.05) is 6.61 Å². The molecule has 0 radical (unpaired) electrons. The van der Waals surface area contributed by atoms with E-state index in [2.05, 4.69) is 20.7 Å². The van der Waals surface area contributed by atoms with Gasteiger partial charge in [-0.2, -0.15) is 0 Å². The molecule has 0 heterocycles. The smallest absolute Gasteiger partial charge is 0.289 e. The SMILES string of the molecule is O=[N+]([O-])c1ccc(Br)cc1S(=O)(=O)NC1CCCC1CO. The Kier molecular flexibility index (Phi) is 4.97. The molecule has 0 saturated heterocycles. The Bertz CT molecular complexity index is 649. The van der Waals surface area contributed by atoms with Crippen molar-refractivity contribution >= 4 is 31.6 Å². The first-order valence-corrected chi connectivity index (χ1v) is 8.70. The first kappa shape index (κ1) is 16.3. The van der Waals surface area contributed by atoms with E-state index in [9.17, 15) is 23.6 Å². The Morgan fingerprint density at radius 3 is 2.76 bits per heavy atom. The van der Waals surface area contributed by atoms with Gasteiger partial charge < -0.3 is 5.11 Å². The van der Waals surface area contributed by atoms with Crippen LogP contribution >= 0.6 is 15.9 Å². The van der Waals surface area contributed by atoms with Gasteiger partial charge in [0.2, 0.25) is 10.0 Å². The van der Waals surface area contributed by atoms with E-state index in [1.807, 2.05) is 0 Å². The number of nitro benzene ring substituents is 1. The highest BCUT2D eigenvalue weighted by Crippen LogP contribution is 2.30. The van der Waals surface area contributed by atoms with Crippen LogP contribution in [-0.4, -0.2) is 31.1 Å². The van der Waals surface area contributed by atoms with E-state index in [1.165, 1.54) is 12.1 Å². The van der Waals surface area contributed by atoms with Gasteiger partial charge in [0.05, 0.1) is 4.92 Å². The summed E-state index contributed by atoms with van der Waals surface area (Å²) in [5.74, 6) is -0.147. The van der Waals surface area contributed by atoms with Crippen molar-refractivity contribution < 1.29 is 18.4 Å². The molecule has 21 heavy (non-hydrogen) atoms. The molecule has 2 atom stereocenters. The first-order valence-electron chi connectivity index (χ1n) is 6.42. The average molecular weight is 379 g/mol. The number of halogens is 1. The van der Waals surface area contributed by atoms with E-state index < -0.39 is 26.7 Å². The Labute approximate surface area is 130 Å². The maximum Gasteiger partial charge on any atom is 0.289 e. The van der Waals surface area contributed by atoms with Crippen molar-refractivity contribution in [3.8, 4) is 0 Å². The van der Waals surface area contributed by atoms with E-state index in [4.69, 9.17) is 0 Å². The van der Waals surface area contributed by atoms with Crippen molar-refractivity contribution in [2.24, 2.45) is 5.92 Å². The minimum Gasteiger partial charge on any atom is -0.396 e. The summed E-state index contributed by atoms with van der Waals surface area (Å²) in [5.41, 5.74) is -0.468. The van der Waals surface area contributed by atoms with Crippen LogP contribution in [0.15, 0.2) is 27.6 Å². The summed E-state index contributed by atoms with van der Waals surface area (Å²) in [4.78, 5) is 9.90. The molecule has 2 unspecified atom stereocenters. The van der Waals surface area contributed by atoms with Gasteiger partial charge in [-0.15, -0.1) is 0 Å². The highest BCUT2D eigenvalue weighted by atomic mass is 79.9. The molecule has 2 N–H and O–H groups in total. The van der Waals surface area contributed by atoms with Gasteiger partial charge in [-0.05, 0) is 30.9 Å². The number of benzene rings is 1. The Morgan fingerprint density at radius 2 is 2.14 bits per heavy atom. The third-order valence-corrected chi connectivity index (χ3v) is 5.62. The van der Waals surface area contributed by atoms with Gasteiger partial charge >= 0.3 is 0 Å². The number of hydrogen-bond acceptors (Lipinski definition) is 5. The van der Waals surface area contributed by atoms with Crippen LogP contribution in [0.25, 0.3) is 0 Å². The molecule has 1 aliphatic carbocycles. The zero-order valence-electron chi connectivity index (χ0n) is 11.0. The van der Waals surface area contributed by atoms with Gasteiger partial charge in [-0.25, -0.2) is 13.1 Å². The summed E-state index contributed by atoms with van der Waals surface area (Å²) < 4.78 is 27.7. The third-order valence-electron chi connectivity index (χ3n) is 3.61. The molecular weight excluding hydrogens is 364 g/mol. The lowest BCUT2D eigenvalue weighted by Gasteiger charge is -2.19. The standard InChI is InChI=1S/C12H15BrN2O5S/c13-9-4-5-11(15(17)18)12(6-9)21(19,20)14-10-3-1-2-8(10)7-16/h4-6,8,10,14,16H,1-3,7H2. The van der Waals surface area contributed by atoms with E-state index in [0.717, 1.165) is 18.9 Å². The quantitative estimate of drug-likeness (QED) is 0.599. The number of rotatable bonds is 5. The number of nitro groups is 1. The molecular formula is C12H15BrN2O5S. The van der Waals surface area contributed by atoms with Gasteiger partial charge in [0.15, 0.2) is 4.90 Å². The van der Waals surface area contributed by atoms with Crippen LogP contribution in [0.5, 0.6) is 0 Å². The summed E-state index contributed by atoms with van der Waals surface area (Å²) in [5, 5.41) is 20.2. The van der Waals surface area contributed by atoms with Crippen LogP contribution in [0.2, 0.25) is 0 Å². The maximum atomic E-state index is 12.4. The molecule has 1 aromatic rings.